The van der Waals surface area contributed by atoms with Crippen LogP contribution >= 0.6 is 0 Å². The third kappa shape index (κ3) is 3.23. The fraction of sp³-hybridized carbons (Fsp3) is 0.562. The summed E-state index contributed by atoms with van der Waals surface area (Å²) in [4.78, 5) is 9.55. The summed E-state index contributed by atoms with van der Waals surface area (Å²) < 4.78 is 1.81. The van der Waals surface area contributed by atoms with Crippen LogP contribution in [0, 0.1) is 0 Å². The highest BCUT2D eigenvalue weighted by Gasteiger charge is 2.20. The summed E-state index contributed by atoms with van der Waals surface area (Å²) in [6, 6.07) is 2.02. The normalized spacial score (nSPS) is 16.1. The fourth-order valence-electron chi connectivity index (χ4n) is 2.98. The third-order valence-electron chi connectivity index (χ3n) is 4.07. The molecule has 0 aromatic carbocycles. The molecule has 0 amide bonds. The Labute approximate surface area is 125 Å². The van der Waals surface area contributed by atoms with Crippen LogP contribution in [0.1, 0.15) is 50.8 Å². The number of nitrogens with one attached hydrogen (secondary N) is 1. The summed E-state index contributed by atoms with van der Waals surface area (Å²) in [5.41, 5.74) is 2.02. The second-order valence-corrected chi connectivity index (χ2v) is 5.76. The van der Waals surface area contributed by atoms with E-state index in [-0.39, 0.29) is 0 Å². The Kier molecular flexibility index (Phi) is 4.18. The average Bonchev–Trinajstić information content (AvgIpc) is 2.95. The van der Waals surface area contributed by atoms with E-state index in [0.29, 0.717) is 5.92 Å². The molecule has 1 aliphatic rings. The molecule has 2 heterocycles. The quantitative estimate of drug-likeness (QED) is 0.936. The number of aromatic nitrogens is 4. The molecule has 0 radical (unpaired) electrons. The molecule has 21 heavy (non-hydrogen) atoms. The molecule has 1 saturated carbocycles. The molecule has 0 bridgehead atoms. The Morgan fingerprint density at radius 2 is 2.05 bits per heavy atom. The lowest BCUT2D eigenvalue weighted by atomic mass is 9.88. The molecule has 0 aliphatic heterocycles. The van der Waals surface area contributed by atoms with Crippen LogP contribution in [0.2, 0.25) is 0 Å². The SMILES string of the molecule is CCNc1cc(-c2cnn(C)c2)nc(C2CCCCC2)n1. The molecule has 1 aliphatic carbocycles. The number of anilines is 1. The van der Waals surface area contributed by atoms with Gasteiger partial charge in [0.1, 0.15) is 11.6 Å². The predicted octanol–water partition coefficient (Wildman–Crippen LogP) is 3.36. The van der Waals surface area contributed by atoms with Crippen molar-refractivity contribution in [2.45, 2.75) is 44.9 Å². The van der Waals surface area contributed by atoms with Crippen molar-refractivity contribution in [2.75, 3.05) is 11.9 Å². The van der Waals surface area contributed by atoms with Crippen molar-refractivity contribution < 1.29 is 0 Å². The van der Waals surface area contributed by atoms with Crippen LogP contribution in [0.5, 0.6) is 0 Å². The minimum atomic E-state index is 0.507. The standard InChI is InChI=1S/C16H23N5/c1-3-17-15-9-14(13-10-18-21(2)11-13)19-16(20-15)12-7-5-4-6-8-12/h9-12H,3-8H2,1-2H3,(H,17,19,20). The Morgan fingerprint density at radius 1 is 1.24 bits per heavy atom. The number of hydrogen-bond acceptors (Lipinski definition) is 4. The molecule has 0 unspecified atom stereocenters. The van der Waals surface area contributed by atoms with Crippen molar-refractivity contribution in [1.29, 1.82) is 0 Å². The highest BCUT2D eigenvalue weighted by atomic mass is 15.2. The van der Waals surface area contributed by atoms with Crippen molar-refractivity contribution in [1.82, 2.24) is 19.7 Å². The molecule has 2 aromatic heterocycles. The molecule has 0 spiro atoms. The second-order valence-electron chi connectivity index (χ2n) is 5.76. The minimum absolute atomic E-state index is 0.507. The van der Waals surface area contributed by atoms with Gasteiger partial charge in [-0.05, 0) is 19.8 Å². The van der Waals surface area contributed by atoms with Gasteiger partial charge in [-0.1, -0.05) is 19.3 Å². The van der Waals surface area contributed by atoms with Crippen LogP contribution in [0.4, 0.5) is 5.82 Å². The van der Waals surface area contributed by atoms with Crippen LogP contribution < -0.4 is 5.32 Å². The molecule has 3 rings (SSSR count). The minimum Gasteiger partial charge on any atom is -0.370 e. The van der Waals surface area contributed by atoms with Crippen LogP contribution in [0.3, 0.4) is 0 Å². The largest absolute Gasteiger partial charge is 0.370 e. The topological polar surface area (TPSA) is 55.6 Å². The van der Waals surface area contributed by atoms with Gasteiger partial charge < -0.3 is 5.32 Å². The maximum Gasteiger partial charge on any atom is 0.134 e. The molecule has 5 nitrogen and oxygen atoms in total. The van der Waals surface area contributed by atoms with Gasteiger partial charge in [0.05, 0.1) is 11.9 Å². The lowest BCUT2D eigenvalue weighted by molar-refractivity contribution is 0.429. The molecule has 1 fully saturated rings. The van der Waals surface area contributed by atoms with Gasteiger partial charge in [-0.2, -0.15) is 5.10 Å². The first-order valence-electron chi connectivity index (χ1n) is 7.88. The first-order valence-corrected chi connectivity index (χ1v) is 7.88. The summed E-state index contributed by atoms with van der Waals surface area (Å²) in [7, 11) is 1.93. The maximum absolute atomic E-state index is 4.82. The maximum atomic E-state index is 4.82. The molecule has 1 N–H and O–H groups in total. The van der Waals surface area contributed by atoms with E-state index in [2.05, 4.69) is 17.3 Å². The Hall–Kier alpha value is -1.91. The van der Waals surface area contributed by atoms with Crippen molar-refractivity contribution >= 4 is 5.82 Å². The van der Waals surface area contributed by atoms with Crippen molar-refractivity contribution in [3.63, 3.8) is 0 Å². The van der Waals surface area contributed by atoms with Crippen LogP contribution in [0.15, 0.2) is 18.5 Å². The second kappa shape index (κ2) is 6.24. The highest BCUT2D eigenvalue weighted by Crippen LogP contribution is 2.32. The molecule has 112 valence electrons. The molecule has 0 atom stereocenters. The van der Waals surface area contributed by atoms with Gasteiger partial charge in [-0.15, -0.1) is 0 Å². The highest BCUT2D eigenvalue weighted by molar-refractivity contribution is 5.61. The van der Waals surface area contributed by atoms with Crippen LogP contribution in [-0.2, 0) is 7.05 Å². The fourth-order valence-corrected chi connectivity index (χ4v) is 2.98. The summed E-state index contributed by atoms with van der Waals surface area (Å²) >= 11 is 0. The van der Waals surface area contributed by atoms with E-state index in [1.165, 1.54) is 32.1 Å². The molecule has 0 saturated heterocycles. The van der Waals surface area contributed by atoms with E-state index in [9.17, 15) is 0 Å². The first kappa shape index (κ1) is 14.0. The predicted molar refractivity (Wildman–Crippen MR) is 84.2 cm³/mol. The van der Waals surface area contributed by atoms with Gasteiger partial charge in [0.25, 0.3) is 0 Å². The monoisotopic (exact) mass is 285 g/mol. The van der Waals surface area contributed by atoms with Crippen molar-refractivity contribution in [3.8, 4) is 11.3 Å². The zero-order valence-electron chi connectivity index (χ0n) is 12.8. The Balaban J connectivity index is 1.96. The zero-order valence-corrected chi connectivity index (χ0v) is 12.8. The van der Waals surface area contributed by atoms with Gasteiger partial charge in [0.15, 0.2) is 0 Å². The molecular formula is C16H23N5. The first-order chi connectivity index (χ1) is 10.3. The van der Waals surface area contributed by atoms with Gasteiger partial charge in [-0.25, -0.2) is 9.97 Å². The van der Waals surface area contributed by atoms with E-state index in [4.69, 9.17) is 9.97 Å². The third-order valence-corrected chi connectivity index (χ3v) is 4.07. The zero-order chi connectivity index (χ0) is 14.7. The number of rotatable bonds is 4. The van der Waals surface area contributed by atoms with Gasteiger partial charge in [-0.3, -0.25) is 4.68 Å². The average molecular weight is 285 g/mol. The summed E-state index contributed by atoms with van der Waals surface area (Å²) in [6.07, 6.45) is 10.2. The van der Waals surface area contributed by atoms with Crippen LogP contribution in [0.25, 0.3) is 11.3 Å². The van der Waals surface area contributed by atoms with E-state index in [0.717, 1.165) is 29.4 Å². The Morgan fingerprint density at radius 3 is 2.71 bits per heavy atom. The molecule has 5 heteroatoms. The van der Waals surface area contributed by atoms with Crippen molar-refractivity contribution in [3.05, 3.63) is 24.3 Å². The lowest BCUT2D eigenvalue weighted by Crippen LogP contribution is -2.11. The molecular weight excluding hydrogens is 262 g/mol. The smallest absolute Gasteiger partial charge is 0.134 e. The summed E-state index contributed by atoms with van der Waals surface area (Å²) in [5, 5.41) is 7.57. The summed E-state index contributed by atoms with van der Waals surface area (Å²) in [5.74, 6) is 2.42. The number of hydrogen-bond donors (Lipinski definition) is 1. The van der Waals surface area contributed by atoms with Crippen LogP contribution in [-0.4, -0.2) is 26.3 Å². The van der Waals surface area contributed by atoms with Gasteiger partial charge >= 0.3 is 0 Å². The van der Waals surface area contributed by atoms with E-state index in [1.807, 2.05) is 30.2 Å². The lowest BCUT2D eigenvalue weighted by Gasteiger charge is -2.21. The number of nitrogens with zero attached hydrogens (tertiary/aromatic N) is 4. The molecule has 2 aromatic rings. The van der Waals surface area contributed by atoms with Gasteiger partial charge in [0, 0.05) is 37.3 Å². The Bertz CT molecular complexity index is 598. The number of aryl methyl sites for hydroxylation is 1. The summed E-state index contributed by atoms with van der Waals surface area (Å²) in [6.45, 7) is 2.96. The van der Waals surface area contributed by atoms with E-state index in [1.54, 1.807) is 0 Å². The van der Waals surface area contributed by atoms with Crippen molar-refractivity contribution in [2.24, 2.45) is 7.05 Å². The van der Waals surface area contributed by atoms with E-state index >= 15 is 0 Å². The van der Waals surface area contributed by atoms with E-state index < -0.39 is 0 Å². The van der Waals surface area contributed by atoms with Gasteiger partial charge in [0.2, 0.25) is 0 Å².